The molecule has 3 heterocycles. The maximum Gasteiger partial charge on any atom is 0.276 e. The molecule has 0 aliphatic carbocycles. The summed E-state index contributed by atoms with van der Waals surface area (Å²) < 4.78 is 0. The minimum absolute atomic E-state index is 0.158. The number of amides is 2. The molecular weight excluding hydrogens is 404 g/mol. The van der Waals surface area contributed by atoms with Crippen molar-refractivity contribution in [3.05, 3.63) is 66.0 Å². The van der Waals surface area contributed by atoms with Crippen LogP contribution < -0.4 is 16.0 Å². The van der Waals surface area contributed by atoms with E-state index in [1.807, 2.05) is 30.3 Å². The standard InChI is InChI=1S/C24H24N6O2/c31-22(27-13-15-8-10-25-11-9-15)18-6-3-7-19-21(18)29-24(28-19)30-23(32)20-12-16-4-1-2-5-17(16)14-26-20/h1-7,12,14-15,25H,8-11,13H2,(H,27,31)(H2,28,29,30,32). The molecule has 1 aliphatic heterocycles. The zero-order valence-corrected chi connectivity index (χ0v) is 17.5. The number of pyridine rings is 1. The molecule has 2 aromatic heterocycles. The van der Waals surface area contributed by atoms with Crippen LogP contribution in [0.3, 0.4) is 0 Å². The Balaban J connectivity index is 1.32. The van der Waals surface area contributed by atoms with Crippen LogP contribution in [0.25, 0.3) is 21.8 Å². The van der Waals surface area contributed by atoms with Crippen molar-refractivity contribution in [1.29, 1.82) is 0 Å². The molecule has 5 rings (SSSR count). The fourth-order valence-corrected chi connectivity index (χ4v) is 4.07. The second-order valence-corrected chi connectivity index (χ2v) is 8.06. The van der Waals surface area contributed by atoms with E-state index in [4.69, 9.17) is 0 Å². The highest BCUT2D eigenvalue weighted by molar-refractivity contribution is 6.07. The number of para-hydroxylation sites is 1. The monoisotopic (exact) mass is 428 g/mol. The van der Waals surface area contributed by atoms with Crippen molar-refractivity contribution in [2.45, 2.75) is 12.8 Å². The van der Waals surface area contributed by atoms with E-state index in [1.165, 1.54) is 0 Å². The molecule has 4 aromatic rings. The molecule has 0 spiro atoms. The smallest absolute Gasteiger partial charge is 0.276 e. The lowest BCUT2D eigenvalue weighted by Crippen LogP contribution is -2.36. The lowest BCUT2D eigenvalue weighted by molar-refractivity contribution is 0.0945. The number of imidazole rings is 1. The van der Waals surface area contributed by atoms with Crippen molar-refractivity contribution in [2.75, 3.05) is 25.0 Å². The van der Waals surface area contributed by atoms with Gasteiger partial charge in [0, 0.05) is 18.1 Å². The van der Waals surface area contributed by atoms with Crippen LogP contribution in [0, 0.1) is 5.92 Å². The van der Waals surface area contributed by atoms with Gasteiger partial charge in [-0.05, 0) is 55.4 Å². The first kappa shape index (κ1) is 20.1. The molecule has 32 heavy (non-hydrogen) atoms. The predicted octanol–water partition coefficient (Wildman–Crippen LogP) is 3.09. The highest BCUT2D eigenvalue weighted by atomic mass is 16.2. The van der Waals surface area contributed by atoms with E-state index in [0.29, 0.717) is 34.8 Å². The second-order valence-electron chi connectivity index (χ2n) is 8.06. The summed E-state index contributed by atoms with van der Waals surface area (Å²) >= 11 is 0. The van der Waals surface area contributed by atoms with Gasteiger partial charge in [0.15, 0.2) is 0 Å². The summed E-state index contributed by atoms with van der Waals surface area (Å²) in [7, 11) is 0. The Bertz CT molecular complexity index is 1290. The van der Waals surface area contributed by atoms with E-state index in [2.05, 4.69) is 30.9 Å². The number of hydrogen-bond donors (Lipinski definition) is 4. The summed E-state index contributed by atoms with van der Waals surface area (Å²) in [6.45, 7) is 2.63. The molecule has 1 saturated heterocycles. The first-order valence-corrected chi connectivity index (χ1v) is 10.8. The molecular formula is C24H24N6O2. The lowest BCUT2D eigenvalue weighted by atomic mass is 9.98. The number of piperidine rings is 1. The number of aromatic amines is 1. The van der Waals surface area contributed by atoms with Crippen molar-refractivity contribution in [3.63, 3.8) is 0 Å². The van der Waals surface area contributed by atoms with E-state index in [9.17, 15) is 9.59 Å². The Morgan fingerprint density at radius 3 is 2.66 bits per heavy atom. The summed E-state index contributed by atoms with van der Waals surface area (Å²) in [5.41, 5.74) is 1.99. The normalized spacial score (nSPS) is 14.5. The first-order valence-electron chi connectivity index (χ1n) is 10.8. The van der Waals surface area contributed by atoms with Gasteiger partial charge in [0.2, 0.25) is 5.95 Å². The molecule has 8 nitrogen and oxygen atoms in total. The van der Waals surface area contributed by atoms with E-state index in [0.717, 1.165) is 36.7 Å². The molecule has 0 saturated carbocycles. The number of nitrogens with one attached hydrogen (secondary N) is 4. The summed E-state index contributed by atoms with van der Waals surface area (Å²) in [5.74, 6) is 0.239. The number of H-pyrrole nitrogens is 1. The average Bonchev–Trinajstić information content (AvgIpc) is 3.25. The van der Waals surface area contributed by atoms with E-state index in [-0.39, 0.29) is 17.8 Å². The van der Waals surface area contributed by atoms with Crippen molar-refractivity contribution in [1.82, 2.24) is 25.6 Å². The van der Waals surface area contributed by atoms with Gasteiger partial charge >= 0.3 is 0 Å². The van der Waals surface area contributed by atoms with Crippen LogP contribution in [-0.2, 0) is 0 Å². The number of nitrogens with zero attached hydrogens (tertiary/aromatic N) is 2. The molecule has 0 atom stereocenters. The van der Waals surface area contributed by atoms with Gasteiger partial charge < -0.3 is 15.6 Å². The second kappa shape index (κ2) is 8.76. The van der Waals surface area contributed by atoms with Crippen molar-refractivity contribution in [2.24, 2.45) is 5.92 Å². The predicted molar refractivity (Wildman–Crippen MR) is 124 cm³/mol. The number of rotatable bonds is 5. The highest BCUT2D eigenvalue weighted by Crippen LogP contribution is 2.20. The molecule has 162 valence electrons. The number of fused-ring (bicyclic) bond motifs is 2. The largest absolute Gasteiger partial charge is 0.352 e. The maximum atomic E-state index is 12.8. The number of hydrogen-bond acceptors (Lipinski definition) is 5. The van der Waals surface area contributed by atoms with Crippen LogP contribution in [0.15, 0.2) is 54.7 Å². The van der Waals surface area contributed by atoms with Crippen molar-refractivity contribution in [3.8, 4) is 0 Å². The van der Waals surface area contributed by atoms with Crippen LogP contribution in [-0.4, -0.2) is 46.4 Å². The summed E-state index contributed by atoms with van der Waals surface area (Å²) in [6.07, 6.45) is 3.80. The summed E-state index contributed by atoms with van der Waals surface area (Å²) in [5, 5.41) is 11.0. The molecule has 0 unspecified atom stereocenters. The molecule has 1 fully saturated rings. The van der Waals surface area contributed by atoms with Gasteiger partial charge in [0.05, 0.1) is 11.1 Å². The Morgan fingerprint density at radius 1 is 1.00 bits per heavy atom. The number of aromatic nitrogens is 3. The molecule has 0 bridgehead atoms. The van der Waals surface area contributed by atoms with Gasteiger partial charge in [-0.3, -0.25) is 19.9 Å². The fraction of sp³-hybridized carbons (Fsp3) is 0.250. The number of benzene rings is 2. The van der Waals surface area contributed by atoms with E-state index < -0.39 is 0 Å². The first-order chi connectivity index (χ1) is 15.7. The number of anilines is 1. The molecule has 1 aliphatic rings. The van der Waals surface area contributed by atoms with Crippen LogP contribution in [0.2, 0.25) is 0 Å². The third kappa shape index (κ3) is 4.17. The zero-order chi connectivity index (χ0) is 21.9. The molecule has 4 N–H and O–H groups in total. The van der Waals surface area contributed by atoms with Crippen LogP contribution in [0.5, 0.6) is 0 Å². The highest BCUT2D eigenvalue weighted by Gasteiger charge is 2.18. The van der Waals surface area contributed by atoms with Crippen LogP contribution in [0.1, 0.15) is 33.7 Å². The van der Waals surface area contributed by atoms with Gasteiger partial charge in [0.25, 0.3) is 11.8 Å². The maximum absolute atomic E-state index is 12.8. The molecule has 2 amide bonds. The molecule has 2 aromatic carbocycles. The summed E-state index contributed by atoms with van der Waals surface area (Å²) in [4.78, 5) is 37.3. The van der Waals surface area contributed by atoms with Crippen LogP contribution >= 0.6 is 0 Å². The Hall–Kier alpha value is -3.78. The van der Waals surface area contributed by atoms with Crippen LogP contribution in [0.4, 0.5) is 5.95 Å². The minimum Gasteiger partial charge on any atom is -0.352 e. The third-order valence-corrected chi connectivity index (χ3v) is 5.86. The Kier molecular flexibility index (Phi) is 5.51. The molecule has 0 radical (unpaired) electrons. The van der Waals surface area contributed by atoms with E-state index in [1.54, 1.807) is 24.4 Å². The average molecular weight is 428 g/mol. The van der Waals surface area contributed by atoms with Crippen molar-refractivity contribution < 1.29 is 9.59 Å². The van der Waals surface area contributed by atoms with Gasteiger partial charge in [0.1, 0.15) is 11.2 Å². The molecule has 8 heteroatoms. The van der Waals surface area contributed by atoms with Gasteiger partial charge in [-0.1, -0.05) is 30.3 Å². The lowest BCUT2D eigenvalue weighted by Gasteiger charge is -2.22. The third-order valence-electron chi connectivity index (χ3n) is 5.86. The quantitative estimate of drug-likeness (QED) is 0.390. The zero-order valence-electron chi connectivity index (χ0n) is 17.5. The fourth-order valence-electron chi connectivity index (χ4n) is 4.07. The SMILES string of the molecule is O=C(Nc1nc2c(C(=O)NCC3CCNCC3)cccc2[nH]1)c1cc2ccccc2cn1. The van der Waals surface area contributed by atoms with Crippen molar-refractivity contribution >= 4 is 39.6 Å². The van der Waals surface area contributed by atoms with Gasteiger partial charge in [-0.2, -0.15) is 0 Å². The Morgan fingerprint density at radius 2 is 1.81 bits per heavy atom. The minimum atomic E-state index is -0.369. The summed E-state index contributed by atoms with van der Waals surface area (Å²) in [6, 6.07) is 14.8. The topological polar surface area (TPSA) is 112 Å². The van der Waals surface area contributed by atoms with E-state index >= 15 is 0 Å². The van der Waals surface area contributed by atoms with Gasteiger partial charge in [-0.25, -0.2) is 4.98 Å². The Labute approximate surface area is 184 Å². The number of carbonyl (C=O) groups is 2. The van der Waals surface area contributed by atoms with Gasteiger partial charge in [-0.15, -0.1) is 0 Å². The number of carbonyl (C=O) groups excluding carboxylic acids is 2.